The van der Waals surface area contributed by atoms with Gasteiger partial charge in [-0.25, -0.2) is 4.79 Å². The van der Waals surface area contributed by atoms with E-state index in [1.807, 2.05) is 0 Å². The van der Waals surface area contributed by atoms with E-state index >= 15 is 0 Å². The Bertz CT molecular complexity index is 273. The van der Waals surface area contributed by atoms with E-state index in [0.717, 1.165) is 0 Å². The number of hydrogen-bond donors (Lipinski definition) is 1. The molecule has 1 rings (SSSR count). The normalized spacial score (nSPS) is 8.15. The number of ketones is 1. The van der Waals surface area contributed by atoms with Crippen molar-refractivity contribution in [3.8, 4) is 0 Å². The van der Waals surface area contributed by atoms with Crippen LogP contribution in [-0.4, -0.2) is 16.9 Å². The zero-order valence-corrected chi connectivity index (χ0v) is 7.65. The minimum atomic E-state index is -0.879. The Kier molecular flexibility index (Phi) is 5.19. The highest BCUT2D eigenvalue weighted by Gasteiger charge is 1.96. The lowest BCUT2D eigenvalue weighted by molar-refractivity contribution is -0.114. The van der Waals surface area contributed by atoms with Crippen molar-refractivity contribution in [3.05, 3.63) is 35.9 Å². The SMILES string of the molecule is CC(C)=O.O=C(O)c1ccccc1. The van der Waals surface area contributed by atoms with E-state index < -0.39 is 5.97 Å². The van der Waals surface area contributed by atoms with Gasteiger partial charge in [0.2, 0.25) is 0 Å². The number of rotatable bonds is 1. The van der Waals surface area contributed by atoms with Crippen molar-refractivity contribution in [2.24, 2.45) is 0 Å². The summed E-state index contributed by atoms with van der Waals surface area (Å²) in [5, 5.41) is 8.38. The van der Waals surface area contributed by atoms with Crippen LogP contribution in [0.5, 0.6) is 0 Å². The van der Waals surface area contributed by atoms with Crippen LogP contribution in [0.4, 0.5) is 0 Å². The number of carbonyl (C=O) groups is 2. The van der Waals surface area contributed by atoms with Crippen molar-refractivity contribution >= 4 is 11.8 Å². The molecule has 0 aromatic heterocycles. The Morgan fingerprint density at radius 3 is 1.69 bits per heavy atom. The highest BCUT2D eigenvalue weighted by atomic mass is 16.4. The molecule has 70 valence electrons. The Balaban J connectivity index is 0.000000310. The quantitative estimate of drug-likeness (QED) is 0.718. The van der Waals surface area contributed by atoms with Crippen molar-refractivity contribution in [1.29, 1.82) is 0 Å². The molecule has 0 aliphatic carbocycles. The second kappa shape index (κ2) is 5.94. The first-order valence-corrected chi connectivity index (χ1v) is 3.79. The van der Waals surface area contributed by atoms with Gasteiger partial charge in [0, 0.05) is 0 Å². The van der Waals surface area contributed by atoms with Crippen LogP contribution in [0.25, 0.3) is 0 Å². The highest BCUT2D eigenvalue weighted by Crippen LogP contribution is 1.96. The van der Waals surface area contributed by atoms with Crippen LogP contribution in [-0.2, 0) is 4.79 Å². The topological polar surface area (TPSA) is 54.4 Å². The molecule has 0 unspecified atom stereocenters. The molecule has 3 heteroatoms. The molecule has 1 N–H and O–H groups in total. The van der Waals surface area contributed by atoms with E-state index in [9.17, 15) is 9.59 Å². The number of carboxylic acids is 1. The summed E-state index contributed by atoms with van der Waals surface area (Å²) in [6.45, 7) is 3.06. The summed E-state index contributed by atoms with van der Waals surface area (Å²) in [4.78, 5) is 19.6. The number of carboxylic acid groups (broad SMARTS) is 1. The molecule has 1 aromatic rings. The zero-order valence-electron chi connectivity index (χ0n) is 7.65. The van der Waals surface area contributed by atoms with Crippen LogP contribution >= 0.6 is 0 Å². The predicted molar refractivity (Wildman–Crippen MR) is 49.8 cm³/mol. The fraction of sp³-hybridized carbons (Fsp3) is 0.200. The highest BCUT2D eigenvalue weighted by molar-refractivity contribution is 5.87. The molecular formula is C10H12O3. The second-order valence-corrected chi connectivity index (χ2v) is 2.58. The minimum Gasteiger partial charge on any atom is -0.478 e. The molecule has 13 heavy (non-hydrogen) atoms. The van der Waals surface area contributed by atoms with E-state index in [2.05, 4.69) is 0 Å². The third-order valence-electron chi connectivity index (χ3n) is 1.02. The molecule has 3 nitrogen and oxygen atoms in total. The van der Waals surface area contributed by atoms with Gasteiger partial charge in [-0.1, -0.05) is 18.2 Å². The van der Waals surface area contributed by atoms with Crippen molar-refractivity contribution in [2.75, 3.05) is 0 Å². The summed E-state index contributed by atoms with van der Waals surface area (Å²) < 4.78 is 0. The largest absolute Gasteiger partial charge is 0.478 e. The van der Waals surface area contributed by atoms with Crippen LogP contribution in [0.2, 0.25) is 0 Å². The Labute approximate surface area is 77.0 Å². The van der Waals surface area contributed by atoms with Gasteiger partial charge >= 0.3 is 5.97 Å². The molecule has 0 saturated heterocycles. The summed E-state index contributed by atoms with van der Waals surface area (Å²) in [5.74, 6) is -0.712. The van der Waals surface area contributed by atoms with Gasteiger partial charge in [0.05, 0.1) is 5.56 Å². The molecule has 0 aliphatic rings. The van der Waals surface area contributed by atoms with Crippen molar-refractivity contribution in [3.63, 3.8) is 0 Å². The first-order chi connectivity index (χ1) is 6.04. The first-order valence-electron chi connectivity index (χ1n) is 3.79. The Hall–Kier alpha value is -1.64. The van der Waals surface area contributed by atoms with Gasteiger partial charge in [0.1, 0.15) is 5.78 Å². The van der Waals surface area contributed by atoms with Crippen LogP contribution in [0.1, 0.15) is 24.2 Å². The van der Waals surface area contributed by atoms with E-state index in [0.29, 0.717) is 5.56 Å². The van der Waals surface area contributed by atoms with Gasteiger partial charge in [-0.05, 0) is 26.0 Å². The molecular weight excluding hydrogens is 168 g/mol. The molecule has 0 fully saturated rings. The van der Waals surface area contributed by atoms with E-state index in [1.165, 1.54) is 13.8 Å². The molecule has 0 heterocycles. The maximum Gasteiger partial charge on any atom is 0.335 e. The summed E-state index contributed by atoms with van der Waals surface area (Å²) in [7, 11) is 0. The number of aromatic carboxylic acids is 1. The van der Waals surface area contributed by atoms with E-state index in [1.54, 1.807) is 30.3 Å². The average Bonchev–Trinajstić information content (AvgIpc) is 2.05. The van der Waals surface area contributed by atoms with Gasteiger partial charge in [0.15, 0.2) is 0 Å². The third-order valence-corrected chi connectivity index (χ3v) is 1.02. The molecule has 0 amide bonds. The molecule has 1 aromatic carbocycles. The smallest absolute Gasteiger partial charge is 0.335 e. The zero-order chi connectivity index (χ0) is 10.3. The number of benzene rings is 1. The molecule has 0 bridgehead atoms. The third kappa shape index (κ3) is 6.75. The second-order valence-electron chi connectivity index (χ2n) is 2.58. The average molecular weight is 180 g/mol. The molecule has 0 atom stereocenters. The van der Waals surface area contributed by atoms with Crippen LogP contribution in [0, 0.1) is 0 Å². The maximum absolute atomic E-state index is 10.2. The van der Waals surface area contributed by atoms with Gasteiger partial charge in [-0.2, -0.15) is 0 Å². The lowest BCUT2D eigenvalue weighted by Crippen LogP contribution is -1.93. The summed E-state index contributed by atoms with van der Waals surface area (Å²) in [5.41, 5.74) is 0.331. The van der Waals surface area contributed by atoms with Gasteiger partial charge in [-0.3, -0.25) is 0 Å². The van der Waals surface area contributed by atoms with Crippen molar-refractivity contribution in [1.82, 2.24) is 0 Å². The first kappa shape index (κ1) is 11.4. The molecule has 0 spiro atoms. The summed E-state index contributed by atoms with van der Waals surface area (Å²) in [6.07, 6.45) is 0. The fourth-order valence-electron chi connectivity index (χ4n) is 0.581. The number of carbonyl (C=O) groups excluding carboxylic acids is 1. The number of Topliss-reactive ketones (excluding diaryl/α,β-unsaturated/α-hetero) is 1. The predicted octanol–water partition coefficient (Wildman–Crippen LogP) is 1.98. The van der Waals surface area contributed by atoms with Gasteiger partial charge < -0.3 is 9.90 Å². The Morgan fingerprint density at radius 1 is 1.08 bits per heavy atom. The maximum atomic E-state index is 10.2. The lowest BCUT2D eigenvalue weighted by Gasteiger charge is -1.88. The van der Waals surface area contributed by atoms with E-state index in [4.69, 9.17) is 5.11 Å². The lowest BCUT2D eigenvalue weighted by atomic mass is 10.2. The minimum absolute atomic E-state index is 0.167. The van der Waals surface area contributed by atoms with Crippen molar-refractivity contribution in [2.45, 2.75) is 13.8 Å². The monoisotopic (exact) mass is 180 g/mol. The van der Waals surface area contributed by atoms with Gasteiger partial charge in [-0.15, -0.1) is 0 Å². The van der Waals surface area contributed by atoms with Crippen molar-refractivity contribution < 1.29 is 14.7 Å². The van der Waals surface area contributed by atoms with E-state index in [-0.39, 0.29) is 5.78 Å². The van der Waals surface area contributed by atoms with Gasteiger partial charge in [0.25, 0.3) is 0 Å². The summed E-state index contributed by atoms with van der Waals surface area (Å²) in [6, 6.07) is 8.30. The standard InChI is InChI=1S/C7H6O2.C3H6O/c8-7(9)6-4-2-1-3-5-6;1-3(2)4/h1-5H,(H,8,9);1-2H3. The van der Waals surface area contributed by atoms with Crippen LogP contribution in [0.15, 0.2) is 30.3 Å². The van der Waals surface area contributed by atoms with Crippen LogP contribution in [0.3, 0.4) is 0 Å². The molecule has 0 aliphatic heterocycles. The fourth-order valence-corrected chi connectivity index (χ4v) is 0.581. The summed E-state index contributed by atoms with van der Waals surface area (Å²) >= 11 is 0. The molecule has 0 saturated carbocycles. The molecule has 0 radical (unpaired) electrons. The Morgan fingerprint density at radius 2 is 1.46 bits per heavy atom. The van der Waals surface area contributed by atoms with Crippen LogP contribution < -0.4 is 0 Å². The number of hydrogen-bond acceptors (Lipinski definition) is 2.